The van der Waals surface area contributed by atoms with E-state index >= 15 is 0 Å². The lowest BCUT2D eigenvalue weighted by Gasteiger charge is -2.09. The summed E-state index contributed by atoms with van der Waals surface area (Å²) in [5.74, 6) is -0.228. The van der Waals surface area contributed by atoms with E-state index in [4.69, 9.17) is 5.73 Å². The fourth-order valence-corrected chi connectivity index (χ4v) is 0.606. The van der Waals surface area contributed by atoms with Crippen molar-refractivity contribution in [2.75, 3.05) is 13.2 Å². The summed E-state index contributed by atoms with van der Waals surface area (Å²) in [6.07, 6.45) is 0.776. The molecule has 0 saturated carbocycles. The van der Waals surface area contributed by atoms with Crippen LogP contribution in [0.5, 0.6) is 0 Å². The van der Waals surface area contributed by atoms with E-state index in [1.165, 1.54) is 0 Å². The Morgan fingerprint density at radius 2 is 2.31 bits per heavy atom. The van der Waals surface area contributed by atoms with Crippen LogP contribution in [0.4, 0.5) is 0 Å². The Labute approximate surface area is 76.2 Å². The van der Waals surface area contributed by atoms with Crippen LogP contribution >= 0.6 is 0 Å². The Morgan fingerprint density at radius 3 is 2.69 bits per heavy atom. The third-order valence-corrected chi connectivity index (χ3v) is 1.09. The lowest BCUT2D eigenvalue weighted by atomic mass is 10.5. The van der Waals surface area contributed by atoms with Gasteiger partial charge in [-0.2, -0.15) is 0 Å². The molecule has 0 aliphatic heterocycles. The Bertz CT molecular complexity index is 194. The molecule has 0 fully saturated rings. The zero-order chi connectivity index (χ0) is 10.3. The molecule has 0 unspecified atom stereocenters. The lowest BCUT2D eigenvalue weighted by molar-refractivity contribution is -0.705. The minimum absolute atomic E-state index is 0.170. The average molecular weight is 190 g/mol. The van der Waals surface area contributed by atoms with E-state index in [1.54, 1.807) is 6.92 Å². The Hall–Kier alpha value is -1.37. The first-order chi connectivity index (χ1) is 6.13. The minimum Gasteiger partial charge on any atom is -0.363 e. The number of nitrogens with two attached hydrogens (primary N) is 1. The highest BCUT2D eigenvalue weighted by Crippen LogP contribution is 1.91. The fourth-order valence-electron chi connectivity index (χ4n) is 0.606. The van der Waals surface area contributed by atoms with Crippen LogP contribution < -0.4 is 5.73 Å². The van der Waals surface area contributed by atoms with Crippen molar-refractivity contribution in [1.29, 1.82) is 0 Å². The van der Waals surface area contributed by atoms with E-state index < -0.39 is 5.03 Å². The van der Waals surface area contributed by atoms with Crippen molar-refractivity contribution in [3.05, 3.63) is 10.1 Å². The molecule has 0 aliphatic rings. The second-order valence-corrected chi connectivity index (χ2v) is 2.17. The minimum atomic E-state index is -0.752. The SMILES string of the molecule is CCCN=C(N)N(OCC)[N+](=O)[O-]. The van der Waals surface area contributed by atoms with E-state index in [0.717, 1.165) is 6.42 Å². The van der Waals surface area contributed by atoms with Gasteiger partial charge in [0.25, 0.3) is 5.96 Å². The van der Waals surface area contributed by atoms with Crippen molar-refractivity contribution in [3.8, 4) is 0 Å². The van der Waals surface area contributed by atoms with Crippen LogP contribution in [0.2, 0.25) is 0 Å². The molecule has 0 amide bonds. The van der Waals surface area contributed by atoms with Crippen LogP contribution in [-0.4, -0.2) is 29.3 Å². The zero-order valence-corrected chi connectivity index (χ0v) is 7.77. The van der Waals surface area contributed by atoms with Gasteiger partial charge in [0.05, 0.1) is 11.8 Å². The van der Waals surface area contributed by atoms with Gasteiger partial charge in [0, 0.05) is 6.54 Å². The van der Waals surface area contributed by atoms with Crippen LogP contribution in [-0.2, 0) is 4.84 Å². The number of hydrogen-bond donors (Lipinski definition) is 1. The van der Waals surface area contributed by atoms with Crippen LogP contribution in [0, 0.1) is 10.1 Å². The molecular formula is C6H14N4O3. The van der Waals surface area contributed by atoms with E-state index in [1.807, 2.05) is 6.92 Å². The number of nitro groups is 1. The summed E-state index contributed by atoms with van der Waals surface area (Å²) in [7, 11) is 0. The number of rotatable bonds is 5. The fraction of sp³-hybridized carbons (Fsp3) is 0.833. The number of hydrogen-bond acceptors (Lipinski definition) is 4. The predicted octanol–water partition coefficient (Wildman–Crippen LogP) is 0.156. The number of hydrazine groups is 1. The first-order valence-corrected chi connectivity index (χ1v) is 4.00. The standard InChI is InChI=1S/C6H14N4O3/c1-3-5-8-6(7)9(10(11)12)13-4-2/h3-5H2,1-2H3,(H2,7,8). The van der Waals surface area contributed by atoms with E-state index in [0.29, 0.717) is 11.7 Å². The molecule has 0 bridgehead atoms. The van der Waals surface area contributed by atoms with Gasteiger partial charge in [-0.1, -0.05) is 6.92 Å². The van der Waals surface area contributed by atoms with E-state index in [9.17, 15) is 10.1 Å². The molecule has 0 aromatic rings. The molecular weight excluding hydrogens is 176 g/mol. The molecule has 7 heteroatoms. The van der Waals surface area contributed by atoms with Crippen molar-refractivity contribution in [2.45, 2.75) is 20.3 Å². The molecule has 0 aromatic heterocycles. The third-order valence-electron chi connectivity index (χ3n) is 1.09. The molecule has 2 N–H and O–H groups in total. The van der Waals surface area contributed by atoms with Crippen LogP contribution in [0.25, 0.3) is 0 Å². The van der Waals surface area contributed by atoms with Crippen molar-refractivity contribution >= 4 is 5.96 Å². The summed E-state index contributed by atoms with van der Waals surface area (Å²) < 4.78 is 0. The van der Waals surface area contributed by atoms with Gasteiger partial charge in [-0.3, -0.25) is 0 Å². The molecule has 0 radical (unpaired) electrons. The summed E-state index contributed by atoms with van der Waals surface area (Å²) in [5.41, 5.74) is 5.30. The lowest BCUT2D eigenvalue weighted by Crippen LogP contribution is -2.41. The van der Waals surface area contributed by atoms with Crippen molar-refractivity contribution in [1.82, 2.24) is 5.17 Å². The van der Waals surface area contributed by atoms with Gasteiger partial charge in [-0.15, -0.1) is 0 Å². The molecule has 0 atom stereocenters. The highest BCUT2D eigenvalue weighted by molar-refractivity contribution is 5.75. The molecule has 7 nitrogen and oxygen atoms in total. The Kier molecular flexibility index (Phi) is 5.53. The van der Waals surface area contributed by atoms with Gasteiger partial charge in [0.1, 0.15) is 0 Å². The van der Waals surface area contributed by atoms with Crippen molar-refractivity contribution < 1.29 is 9.87 Å². The highest BCUT2D eigenvalue weighted by Gasteiger charge is 2.19. The second kappa shape index (κ2) is 6.18. The topological polar surface area (TPSA) is 94.0 Å². The number of nitrogens with zero attached hydrogens (tertiary/aromatic N) is 3. The quantitative estimate of drug-likeness (QED) is 0.288. The summed E-state index contributed by atoms with van der Waals surface area (Å²) in [4.78, 5) is 18.7. The smallest absolute Gasteiger partial charge is 0.288 e. The average Bonchev–Trinajstić information content (AvgIpc) is 2.09. The van der Waals surface area contributed by atoms with Crippen LogP contribution in [0.3, 0.4) is 0 Å². The maximum atomic E-state index is 10.3. The molecule has 0 aromatic carbocycles. The molecule has 76 valence electrons. The highest BCUT2D eigenvalue weighted by atomic mass is 16.8. The third kappa shape index (κ3) is 4.26. The summed E-state index contributed by atoms with van der Waals surface area (Å²) >= 11 is 0. The molecule has 0 rings (SSSR count). The van der Waals surface area contributed by atoms with Gasteiger partial charge in [0.2, 0.25) is 0 Å². The van der Waals surface area contributed by atoms with Gasteiger partial charge < -0.3 is 5.73 Å². The van der Waals surface area contributed by atoms with Crippen molar-refractivity contribution in [2.24, 2.45) is 10.7 Å². The van der Waals surface area contributed by atoms with E-state index in [-0.39, 0.29) is 12.6 Å². The first kappa shape index (κ1) is 11.6. The predicted molar refractivity (Wildman–Crippen MR) is 47.2 cm³/mol. The maximum absolute atomic E-state index is 10.3. The number of hydroxylamine groups is 1. The largest absolute Gasteiger partial charge is 0.363 e. The molecule has 13 heavy (non-hydrogen) atoms. The summed E-state index contributed by atoms with van der Waals surface area (Å²) in [6.45, 7) is 4.14. The second-order valence-electron chi connectivity index (χ2n) is 2.17. The van der Waals surface area contributed by atoms with Gasteiger partial charge in [-0.25, -0.2) is 19.9 Å². The molecule has 0 spiro atoms. The van der Waals surface area contributed by atoms with Gasteiger partial charge >= 0.3 is 0 Å². The first-order valence-electron chi connectivity index (χ1n) is 4.00. The molecule has 0 saturated heterocycles. The van der Waals surface area contributed by atoms with Crippen LogP contribution in [0.15, 0.2) is 4.99 Å². The van der Waals surface area contributed by atoms with Gasteiger partial charge in [0.15, 0.2) is 5.03 Å². The number of guanidine groups is 1. The van der Waals surface area contributed by atoms with E-state index in [2.05, 4.69) is 9.83 Å². The maximum Gasteiger partial charge on any atom is 0.288 e. The normalized spacial score (nSPS) is 11.4. The number of aliphatic imine (C=N–C) groups is 1. The molecule has 0 heterocycles. The summed E-state index contributed by atoms with van der Waals surface area (Å²) in [5, 5.41) is 9.96. The Morgan fingerprint density at radius 1 is 1.69 bits per heavy atom. The van der Waals surface area contributed by atoms with Crippen LogP contribution in [0.1, 0.15) is 20.3 Å². The van der Waals surface area contributed by atoms with Crippen molar-refractivity contribution in [3.63, 3.8) is 0 Å². The monoisotopic (exact) mass is 190 g/mol. The van der Waals surface area contributed by atoms with Gasteiger partial charge in [-0.05, 0) is 13.3 Å². The Balaban J connectivity index is 4.26. The zero-order valence-electron chi connectivity index (χ0n) is 7.77. The molecule has 0 aliphatic carbocycles. The summed E-state index contributed by atoms with van der Waals surface area (Å²) in [6, 6.07) is 0.